The number of anilines is 5. The van der Waals surface area contributed by atoms with E-state index in [9.17, 15) is 4.79 Å². The van der Waals surface area contributed by atoms with Gasteiger partial charge in [-0.15, -0.1) is 0 Å². The number of benzene rings is 1. The van der Waals surface area contributed by atoms with E-state index in [1.54, 1.807) is 6.20 Å². The third-order valence-corrected chi connectivity index (χ3v) is 5.23. The molecule has 1 aliphatic carbocycles. The molecular formula is C23H26N6O. The summed E-state index contributed by atoms with van der Waals surface area (Å²) in [5.41, 5.74) is 2.80. The standard InChI is InChI=1S/C23H26N6O/c1-16-10-11-24-20(12-16)29-22-14-21(25-15-26-22)27-18-6-8-19(9-7-18)28-23(30)13-17-4-2-3-5-17/h6-12,14-15,17H,2-5,13H2,1H3,(H,28,30)(H2,24,25,26,27,29). The predicted octanol–water partition coefficient (Wildman–Crippen LogP) is 5.19. The van der Waals surface area contributed by atoms with Crippen LogP contribution in [0.4, 0.5) is 28.8 Å². The van der Waals surface area contributed by atoms with Crippen molar-refractivity contribution in [2.24, 2.45) is 5.92 Å². The molecule has 0 spiro atoms. The van der Waals surface area contributed by atoms with Gasteiger partial charge >= 0.3 is 0 Å². The van der Waals surface area contributed by atoms with Crippen LogP contribution in [0.15, 0.2) is 55.0 Å². The van der Waals surface area contributed by atoms with Crippen LogP contribution in [-0.4, -0.2) is 20.9 Å². The fourth-order valence-corrected chi connectivity index (χ4v) is 3.70. The summed E-state index contributed by atoms with van der Waals surface area (Å²) in [6, 6.07) is 13.3. The molecule has 1 aliphatic rings. The average Bonchev–Trinajstić information content (AvgIpc) is 3.23. The van der Waals surface area contributed by atoms with Crippen molar-refractivity contribution in [3.63, 3.8) is 0 Å². The largest absolute Gasteiger partial charge is 0.340 e. The molecule has 1 saturated carbocycles. The number of aromatic nitrogens is 3. The van der Waals surface area contributed by atoms with Crippen molar-refractivity contribution in [3.05, 3.63) is 60.6 Å². The molecule has 7 nitrogen and oxygen atoms in total. The Morgan fingerprint density at radius 3 is 2.30 bits per heavy atom. The van der Waals surface area contributed by atoms with Crippen LogP contribution in [0.2, 0.25) is 0 Å². The van der Waals surface area contributed by atoms with Crippen LogP contribution in [0, 0.1) is 12.8 Å². The Hall–Kier alpha value is -3.48. The van der Waals surface area contributed by atoms with E-state index in [-0.39, 0.29) is 5.91 Å². The lowest BCUT2D eigenvalue weighted by Gasteiger charge is -2.11. The van der Waals surface area contributed by atoms with Crippen molar-refractivity contribution in [2.45, 2.75) is 39.0 Å². The number of rotatable bonds is 7. The smallest absolute Gasteiger partial charge is 0.224 e. The van der Waals surface area contributed by atoms with E-state index in [4.69, 9.17) is 0 Å². The highest BCUT2D eigenvalue weighted by molar-refractivity contribution is 5.91. The molecule has 154 valence electrons. The molecule has 0 saturated heterocycles. The van der Waals surface area contributed by atoms with E-state index in [0.29, 0.717) is 24.0 Å². The molecule has 1 fully saturated rings. The summed E-state index contributed by atoms with van der Waals surface area (Å²) in [6.07, 6.45) is 8.72. The molecule has 0 aliphatic heterocycles. The lowest BCUT2D eigenvalue weighted by molar-refractivity contribution is -0.117. The molecule has 0 atom stereocenters. The Morgan fingerprint density at radius 1 is 0.900 bits per heavy atom. The maximum Gasteiger partial charge on any atom is 0.224 e. The molecule has 4 rings (SSSR count). The number of nitrogens with zero attached hydrogens (tertiary/aromatic N) is 3. The topological polar surface area (TPSA) is 91.8 Å². The molecule has 0 bridgehead atoms. The highest BCUT2D eigenvalue weighted by Gasteiger charge is 2.18. The van der Waals surface area contributed by atoms with Crippen LogP contribution in [0.5, 0.6) is 0 Å². The van der Waals surface area contributed by atoms with Crippen LogP contribution in [0.3, 0.4) is 0 Å². The van der Waals surface area contributed by atoms with Gasteiger partial charge in [-0.25, -0.2) is 15.0 Å². The second-order valence-electron chi connectivity index (χ2n) is 7.74. The monoisotopic (exact) mass is 402 g/mol. The van der Waals surface area contributed by atoms with Crippen molar-refractivity contribution < 1.29 is 4.79 Å². The summed E-state index contributed by atoms with van der Waals surface area (Å²) in [6.45, 7) is 2.01. The fraction of sp³-hybridized carbons (Fsp3) is 0.304. The van der Waals surface area contributed by atoms with Gasteiger partial charge in [-0.3, -0.25) is 4.79 Å². The van der Waals surface area contributed by atoms with Gasteiger partial charge in [-0.1, -0.05) is 12.8 Å². The Labute approximate surface area is 176 Å². The molecule has 2 aromatic heterocycles. The van der Waals surface area contributed by atoms with Gasteiger partial charge in [-0.2, -0.15) is 0 Å². The summed E-state index contributed by atoms with van der Waals surface area (Å²) >= 11 is 0. The maximum atomic E-state index is 12.2. The summed E-state index contributed by atoms with van der Waals surface area (Å²) in [4.78, 5) is 25.0. The molecular weight excluding hydrogens is 376 g/mol. The SMILES string of the molecule is Cc1ccnc(Nc2cc(Nc3ccc(NC(=O)CC4CCCC4)cc3)ncn2)c1. The first-order chi connectivity index (χ1) is 14.6. The molecule has 1 amide bonds. The number of pyridine rings is 1. The molecule has 0 radical (unpaired) electrons. The third kappa shape index (κ3) is 5.53. The molecule has 2 heterocycles. The Bertz CT molecular complexity index is 999. The Balaban J connectivity index is 1.34. The number of hydrogen-bond donors (Lipinski definition) is 3. The summed E-state index contributed by atoms with van der Waals surface area (Å²) in [7, 11) is 0. The van der Waals surface area contributed by atoms with Crippen molar-refractivity contribution in [2.75, 3.05) is 16.0 Å². The van der Waals surface area contributed by atoms with E-state index in [1.807, 2.05) is 49.4 Å². The molecule has 30 heavy (non-hydrogen) atoms. The zero-order valence-electron chi connectivity index (χ0n) is 17.1. The van der Waals surface area contributed by atoms with Crippen molar-refractivity contribution in [3.8, 4) is 0 Å². The number of aryl methyl sites for hydroxylation is 1. The molecule has 3 N–H and O–H groups in total. The average molecular weight is 403 g/mol. The van der Waals surface area contributed by atoms with E-state index in [1.165, 1.54) is 32.0 Å². The van der Waals surface area contributed by atoms with Crippen molar-refractivity contribution in [1.82, 2.24) is 15.0 Å². The minimum atomic E-state index is 0.0962. The van der Waals surface area contributed by atoms with Crippen LogP contribution in [0.25, 0.3) is 0 Å². The van der Waals surface area contributed by atoms with Crippen LogP contribution >= 0.6 is 0 Å². The third-order valence-electron chi connectivity index (χ3n) is 5.23. The zero-order valence-corrected chi connectivity index (χ0v) is 17.1. The first-order valence-electron chi connectivity index (χ1n) is 10.3. The van der Waals surface area contributed by atoms with Crippen LogP contribution < -0.4 is 16.0 Å². The second-order valence-corrected chi connectivity index (χ2v) is 7.74. The first kappa shape index (κ1) is 19.8. The zero-order chi connectivity index (χ0) is 20.8. The van der Waals surface area contributed by atoms with Gasteiger partial charge in [0.05, 0.1) is 0 Å². The van der Waals surface area contributed by atoms with E-state index in [0.717, 1.165) is 22.8 Å². The first-order valence-corrected chi connectivity index (χ1v) is 10.3. The molecule has 7 heteroatoms. The highest BCUT2D eigenvalue weighted by Crippen LogP contribution is 2.28. The highest BCUT2D eigenvalue weighted by atomic mass is 16.1. The quantitative estimate of drug-likeness (QED) is 0.504. The van der Waals surface area contributed by atoms with E-state index in [2.05, 4.69) is 30.9 Å². The number of nitrogens with one attached hydrogen (secondary N) is 3. The molecule has 3 aromatic rings. The van der Waals surface area contributed by atoms with Crippen molar-refractivity contribution >= 4 is 34.7 Å². The number of carbonyl (C=O) groups excluding carboxylic acids is 1. The van der Waals surface area contributed by atoms with Gasteiger partial charge in [0.1, 0.15) is 23.8 Å². The fourth-order valence-electron chi connectivity index (χ4n) is 3.70. The summed E-state index contributed by atoms with van der Waals surface area (Å²) in [5, 5.41) is 9.43. The Morgan fingerprint density at radius 2 is 1.57 bits per heavy atom. The summed E-state index contributed by atoms with van der Waals surface area (Å²) < 4.78 is 0. The van der Waals surface area contributed by atoms with Gasteiger partial charge in [-0.05, 0) is 67.6 Å². The van der Waals surface area contributed by atoms with Gasteiger partial charge in [0.25, 0.3) is 0 Å². The lowest BCUT2D eigenvalue weighted by atomic mass is 10.0. The number of carbonyl (C=O) groups is 1. The van der Waals surface area contributed by atoms with Crippen molar-refractivity contribution in [1.29, 1.82) is 0 Å². The van der Waals surface area contributed by atoms with Gasteiger partial charge < -0.3 is 16.0 Å². The summed E-state index contributed by atoms with van der Waals surface area (Å²) in [5.74, 6) is 2.69. The number of amides is 1. The second kappa shape index (κ2) is 9.35. The minimum Gasteiger partial charge on any atom is -0.340 e. The van der Waals surface area contributed by atoms with Gasteiger partial charge in [0.2, 0.25) is 5.91 Å². The lowest BCUT2D eigenvalue weighted by Crippen LogP contribution is -2.15. The van der Waals surface area contributed by atoms with Gasteiger partial charge in [0, 0.05) is 30.1 Å². The van der Waals surface area contributed by atoms with E-state index >= 15 is 0 Å². The maximum absolute atomic E-state index is 12.2. The number of hydrogen-bond acceptors (Lipinski definition) is 6. The van der Waals surface area contributed by atoms with Crippen LogP contribution in [-0.2, 0) is 4.79 Å². The Kier molecular flexibility index (Phi) is 6.17. The predicted molar refractivity (Wildman–Crippen MR) is 119 cm³/mol. The van der Waals surface area contributed by atoms with Gasteiger partial charge in [0.15, 0.2) is 0 Å². The van der Waals surface area contributed by atoms with E-state index < -0.39 is 0 Å². The molecule has 0 unspecified atom stereocenters. The normalized spacial score (nSPS) is 13.8. The molecule has 1 aromatic carbocycles. The van der Waals surface area contributed by atoms with Crippen LogP contribution in [0.1, 0.15) is 37.7 Å². The minimum absolute atomic E-state index is 0.0962.